The number of benzene rings is 2. The fourth-order valence-electron chi connectivity index (χ4n) is 3.56. The number of urea groups is 1. The van der Waals surface area contributed by atoms with Crippen LogP contribution in [0.5, 0.6) is 0 Å². The molecule has 4 rings (SSSR count). The smallest absolute Gasteiger partial charge is 0.317 e. The molecule has 28 heavy (non-hydrogen) atoms. The van der Waals surface area contributed by atoms with Gasteiger partial charge in [-0.15, -0.1) is 0 Å². The number of rotatable bonds is 4. The molecule has 0 atom stereocenters. The van der Waals surface area contributed by atoms with Gasteiger partial charge in [-0.25, -0.2) is 9.78 Å². The fraction of sp³-hybridized carbons (Fsp3) is 0.286. The van der Waals surface area contributed by atoms with Crippen molar-refractivity contribution in [2.45, 2.75) is 19.4 Å². The SMILES string of the molecule is O=C(O)C1CCN(C(=O)NCc2ccc(-n3cnc4ccccc43)cc2)CC1. The Balaban J connectivity index is 1.35. The molecule has 2 amide bonds. The van der Waals surface area contributed by atoms with Gasteiger partial charge in [-0.3, -0.25) is 9.36 Å². The minimum absolute atomic E-state index is 0.145. The number of aliphatic carboxylic acids is 1. The second-order valence-corrected chi connectivity index (χ2v) is 7.03. The van der Waals surface area contributed by atoms with Crippen LogP contribution in [0.4, 0.5) is 4.79 Å². The fourth-order valence-corrected chi connectivity index (χ4v) is 3.56. The molecule has 3 aromatic rings. The molecule has 0 spiro atoms. The van der Waals surface area contributed by atoms with E-state index < -0.39 is 5.97 Å². The van der Waals surface area contributed by atoms with Gasteiger partial charge in [0, 0.05) is 25.3 Å². The Labute approximate surface area is 162 Å². The van der Waals surface area contributed by atoms with Crippen molar-refractivity contribution in [3.05, 3.63) is 60.4 Å². The summed E-state index contributed by atoms with van der Waals surface area (Å²) in [5.74, 6) is -1.11. The first-order valence-electron chi connectivity index (χ1n) is 9.39. The molecule has 0 aliphatic carbocycles. The number of hydrogen-bond donors (Lipinski definition) is 2. The van der Waals surface area contributed by atoms with Crippen LogP contribution in [0.3, 0.4) is 0 Å². The molecule has 7 heteroatoms. The highest BCUT2D eigenvalue weighted by molar-refractivity contribution is 5.77. The van der Waals surface area contributed by atoms with E-state index in [2.05, 4.69) is 10.3 Å². The lowest BCUT2D eigenvalue weighted by molar-refractivity contribution is -0.143. The lowest BCUT2D eigenvalue weighted by Gasteiger charge is -2.30. The molecule has 1 fully saturated rings. The van der Waals surface area contributed by atoms with Gasteiger partial charge in [0.2, 0.25) is 0 Å². The standard InChI is InChI=1S/C21H22N4O3/c26-20(27)16-9-11-24(12-10-16)21(28)22-13-15-5-7-17(8-6-15)25-14-23-18-3-1-2-4-19(18)25/h1-8,14,16H,9-13H2,(H,22,28)(H,26,27). The number of fused-ring (bicyclic) bond motifs is 1. The third-order valence-electron chi connectivity index (χ3n) is 5.24. The number of para-hydroxylation sites is 2. The predicted molar refractivity (Wildman–Crippen MR) is 105 cm³/mol. The zero-order valence-electron chi connectivity index (χ0n) is 15.4. The number of piperidine rings is 1. The van der Waals surface area contributed by atoms with Crippen molar-refractivity contribution in [1.29, 1.82) is 0 Å². The number of imidazole rings is 1. The summed E-state index contributed by atoms with van der Waals surface area (Å²) in [6.07, 6.45) is 2.83. The van der Waals surface area contributed by atoms with Crippen molar-refractivity contribution in [2.75, 3.05) is 13.1 Å². The first-order chi connectivity index (χ1) is 13.6. The molecule has 0 saturated carbocycles. The topological polar surface area (TPSA) is 87.5 Å². The largest absolute Gasteiger partial charge is 0.481 e. The van der Waals surface area contributed by atoms with E-state index >= 15 is 0 Å². The maximum Gasteiger partial charge on any atom is 0.317 e. The minimum Gasteiger partial charge on any atom is -0.481 e. The second kappa shape index (κ2) is 7.72. The number of carboxylic acid groups (broad SMARTS) is 1. The van der Waals surface area contributed by atoms with Crippen molar-refractivity contribution in [3.63, 3.8) is 0 Å². The van der Waals surface area contributed by atoms with Crippen molar-refractivity contribution in [3.8, 4) is 5.69 Å². The van der Waals surface area contributed by atoms with Crippen molar-refractivity contribution < 1.29 is 14.7 Å². The molecule has 2 N–H and O–H groups in total. The number of carbonyl (C=O) groups is 2. The molecule has 0 unspecified atom stereocenters. The van der Waals surface area contributed by atoms with Crippen molar-refractivity contribution in [1.82, 2.24) is 19.8 Å². The third-order valence-corrected chi connectivity index (χ3v) is 5.24. The third kappa shape index (κ3) is 3.69. The average molecular weight is 378 g/mol. The number of carboxylic acids is 1. The molecular weight excluding hydrogens is 356 g/mol. The zero-order valence-corrected chi connectivity index (χ0v) is 15.4. The first kappa shape index (κ1) is 18.0. The Morgan fingerprint density at radius 1 is 1.07 bits per heavy atom. The summed E-state index contributed by atoms with van der Waals surface area (Å²) in [7, 11) is 0. The van der Waals surface area contributed by atoms with Gasteiger partial charge in [-0.1, -0.05) is 24.3 Å². The van der Waals surface area contributed by atoms with Gasteiger partial charge in [0.05, 0.1) is 17.0 Å². The summed E-state index contributed by atoms with van der Waals surface area (Å²) in [6.45, 7) is 1.40. The number of amides is 2. The van der Waals surface area contributed by atoms with Crippen LogP contribution < -0.4 is 5.32 Å². The minimum atomic E-state index is -0.772. The van der Waals surface area contributed by atoms with Gasteiger partial charge in [0.15, 0.2) is 0 Å². The molecular formula is C21H22N4O3. The van der Waals surface area contributed by atoms with E-state index in [9.17, 15) is 9.59 Å². The van der Waals surface area contributed by atoms with Crippen LogP contribution in [0, 0.1) is 5.92 Å². The van der Waals surface area contributed by atoms with Gasteiger partial charge < -0.3 is 15.3 Å². The number of nitrogens with one attached hydrogen (secondary N) is 1. The average Bonchev–Trinajstić information content (AvgIpc) is 3.16. The Morgan fingerprint density at radius 2 is 1.79 bits per heavy atom. The summed E-state index contributed by atoms with van der Waals surface area (Å²) in [6, 6.07) is 15.8. The number of hydrogen-bond acceptors (Lipinski definition) is 3. The molecule has 0 radical (unpaired) electrons. The van der Waals surface area contributed by atoms with Crippen molar-refractivity contribution in [2.24, 2.45) is 5.92 Å². The molecule has 1 aliphatic heterocycles. The molecule has 2 heterocycles. The Bertz CT molecular complexity index is 988. The maximum atomic E-state index is 12.3. The first-order valence-corrected chi connectivity index (χ1v) is 9.39. The molecule has 0 bridgehead atoms. The quantitative estimate of drug-likeness (QED) is 0.730. The van der Waals surface area contributed by atoms with Gasteiger partial charge in [-0.05, 0) is 42.7 Å². The molecule has 2 aromatic carbocycles. The van der Waals surface area contributed by atoms with Gasteiger partial charge in [0.25, 0.3) is 0 Å². The van der Waals surface area contributed by atoms with Gasteiger partial charge in [0.1, 0.15) is 6.33 Å². The lowest BCUT2D eigenvalue weighted by Crippen LogP contribution is -2.45. The van der Waals surface area contributed by atoms with Crippen LogP contribution in [0.1, 0.15) is 18.4 Å². The highest BCUT2D eigenvalue weighted by Gasteiger charge is 2.26. The highest BCUT2D eigenvalue weighted by atomic mass is 16.4. The number of carbonyl (C=O) groups excluding carboxylic acids is 1. The van der Waals surface area contributed by atoms with E-state index in [0.717, 1.165) is 22.3 Å². The van der Waals surface area contributed by atoms with E-state index in [4.69, 9.17) is 5.11 Å². The van der Waals surface area contributed by atoms with Gasteiger partial charge in [-0.2, -0.15) is 0 Å². The zero-order chi connectivity index (χ0) is 19.5. The Hall–Kier alpha value is -3.35. The van der Waals surface area contributed by atoms with Crippen LogP contribution >= 0.6 is 0 Å². The van der Waals surface area contributed by atoms with Gasteiger partial charge >= 0.3 is 12.0 Å². The summed E-state index contributed by atoms with van der Waals surface area (Å²) in [5.41, 5.74) is 4.01. The van der Waals surface area contributed by atoms with E-state index in [-0.39, 0.29) is 11.9 Å². The molecule has 144 valence electrons. The van der Waals surface area contributed by atoms with Crippen LogP contribution in [0.15, 0.2) is 54.9 Å². The molecule has 1 saturated heterocycles. The van der Waals surface area contributed by atoms with Crippen LogP contribution in [0.2, 0.25) is 0 Å². The van der Waals surface area contributed by atoms with E-state index in [0.29, 0.717) is 32.5 Å². The van der Waals surface area contributed by atoms with Crippen LogP contribution in [-0.4, -0.2) is 44.6 Å². The number of aromatic nitrogens is 2. The number of nitrogens with zero attached hydrogens (tertiary/aromatic N) is 3. The van der Waals surface area contributed by atoms with E-state index in [1.807, 2.05) is 59.4 Å². The second-order valence-electron chi connectivity index (χ2n) is 7.03. The maximum absolute atomic E-state index is 12.3. The summed E-state index contributed by atoms with van der Waals surface area (Å²) in [5, 5.41) is 12.0. The Kier molecular flexibility index (Phi) is 4.97. The van der Waals surface area contributed by atoms with E-state index in [1.54, 1.807) is 4.90 Å². The number of likely N-dealkylation sites (tertiary alicyclic amines) is 1. The monoisotopic (exact) mass is 378 g/mol. The normalized spacial score (nSPS) is 14.9. The molecule has 1 aromatic heterocycles. The lowest BCUT2D eigenvalue weighted by atomic mass is 9.97. The predicted octanol–water partition coefficient (Wildman–Crippen LogP) is 3.03. The summed E-state index contributed by atoms with van der Waals surface area (Å²) in [4.78, 5) is 29.4. The molecule has 7 nitrogen and oxygen atoms in total. The van der Waals surface area contributed by atoms with Crippen LogP contribution in [0.25, 0.3) is 16.7 Å². The Morgan fingerprint density at radius 3 is 2.50 bits per heavy atom. The summed E-state index contributed by atoms with van der Waals surface area (Å²) >= 11 is 0. The highest BCUT2D eigenvalue weighted by Crippen LogP contribution is 2.19. The van der Waals surface area contributed by atoms with E-state index in [1.165, 1.54) is 0 Å². The summed E-state index contributed by atoms with van der Waals surface area (Å²) < 4.78 is 2.03. The van der Waals surface area contributed by atoms with Crippen molar-refractivity contribution >= 4 is 23.0 Å². The molecule has 1 aliphatic rings. The van der Waals surface area contributed by atoms with Crippen LogP contribution in [-0.2, 0) is 11.3 Å².